The van der Waals surface area contributed by atoms with Crippen LogP contribution in [-0.2, 0) is 4.79 Å². The maximum absolute atomic E-state index is 10.9. The lowest BCUT2D eigenvalue weighted by Gasteiger charge is -2.01. The van der Waals surface area contributed by atoms with E-state index in [4.69, 9.17) is 15.8 Å². The Labute approximate surface area is 68.3 Å². The fourth-order valence-electron chi connectivity index (χ4n) is 0.886. The van der Waals surface area contributed by atoms with Crippen LogP contribution >= 0.6 is 0 Å². The van der Waals surface area contributed by atoms with Gasteiger partial charge < -0.3 is 0 Å². The van der Waals surface area contributed by atoms with Gasteiger partial charge in [0.2, 0.25) is 0 Å². The minimum Gasteiger partial charge on any atom is -0.291 e. The van der Waals surface area contributed by atoms with Crippen molar-refractivity contribution in [3.63, 3.8) is 0 Å². The van der Waals surface area contributed by atoms with E-state index in [9.17, 15) is 4.79 Å². The Morgan fingerprint density at radius 1 is 1.25 bits per heavy atom. The molecular formula is C7H2N4O. The summed E-state index contributed by atoms with van der Waals surface area (Å²) in [5, 5.41) is 25.3. The molecule has 1 aliphatic rings. The normalized spacial score (nSPS) is 15.4. The first-order valence-corrected chi connectivity index (χ1v) is 2.99. The molecule has 0 aromatic carbocycles. The molecule has 0 saturated carbocycles. The van der Waals surface area contributed by atoms with Crippen LogP contribution in [0.3, 0.4) is 0 Å². The van der Waals surface area contributed by atoms with Gasteiger partial charge in [-0.1, -0.05) is 0 Å². The largest absolute Gasteiger partial charge is 0.291 e. The van der Waals surface area contributed by atoms with Crippen LogP contribution < -0.4 is 0 Å². The highest BCUT2D eigenvalue weighted by Gasteiger charge is 2.29. The van der Waals surface area contributed by atoms with Crippen molar-refractivity contribution in [3.05, 3.63) is 11.3 Å². The molecule has 0 radical (unpaired) electrons. The second kappa shape index (κ2) is 2.74. The predicted molar refractivity (Wildman–Crippen MR) is 35.6 cm³/mol. The molecule has 0 saturated heterocycles. The van der Waals surface area contributed by atoms with Gasteiger partial charge >= 0.3 is 0 Å². The molecule has 0 N–H and O–H groups in total. The molecule has 0 fully saturated rings. The second-order valence-electron chi connectivity index (χ2n) is 2.06. The van der Waals surface area contributed by atoms with Gasteiger partial charge in [0.1, 0.15) is 17.7 Å². The number of carbonyl (C=O) groups is 1. The quantitative estimate of drug-likeness (QED) is 0.449. The van der Waals surface area contributed by atoms with Gasteiger partial charge in [0.05, 0.1) is 6.54 Å². The number of nitrogens with zero attached hydrogens (tertiary/aromatic N) is 4. The van der Waals surface area contributed by atoms with E-state index < -0.39 is 5.78 Å². The highest BCUT2D eigenvalue weighted by molar-refractivity contribution is 6.04. The topological polar surface area (TPSA) is 91.7 Å². The number of ketones is 1. The number of rotatable bonds is 0. The first-order valence-electron chi connectivity index (χ1n) is 2.99. The van der Waals surface area contributed by atoms with Gasteiger partial charge in [-0.3, -0.25) is 9.69 Å². The molecule has 5 heteroatoms. The van der Waals surface area contributed by atoms with Crippen molar-refractivity contribution in [3.8, 4) is 18.3 Å². The summed E-state index contributed by atoms with van der Waals surface area (Å²) in [4.78, 5) is 11.8. The zero-order valence-corrected chi connectivity index (χ0v) is 5.90. The van der Waals surface area contributed by atoms with Crippen molar-refractivity contribution >= 4 is 5.78 Å². The average molecular weight is 158 g/mol. The number of nitriles is 3. The molecular weight excluding hydrogens is 156 g/mol. The first-order chi connectivity index (χ1) is 5.74. The Hall–Kier alpha value is -2.32. The number of carbonyl (C=O) groups excluding carboxylic acids is 1. The standard InChI is InChI=1S/C7H2N4O/c8-1-5-6(2-9)11(4-10)3-7(5)12/h3H2. The fourth-order valence-corrected chi connectivity index (χ4v) is 0.886. The third-order valence-corrected chi connectivity index (χ3v) is 1.43. The number of hydrogen-bond acceptors (Lipinski definition) is 5. The lowest BCUT2D eigenvalue weighted by molar-refractivity contribution is -0.114. The summed E-state index contributed by atoms with van der Waals surface area (Å²) in [5.74, 6) is -0.476. The van der Waals surface area contributed by atoms with E-state index in [1.807, 2.05) is 0 Å². The van der Waals surface area contributed by atoms with Crippen molar-refractivity contribution in [2.45, 2.75) is 0 Å². The van der Waals surface area contributed by atoms with Gasteiger partial charge in [-0.2, -0.15) is 15.8 Å². The third-order valence-electron chi connectivity index (χ3n) is 1.43. The fraction of sp³-hybridized carbons (Fsp3) is 0.143. The maximum Gasteiger partial charge on any atom is 0.196 e. The lowest BCUT2D eigenvalue weighted by atomic mass is 10.2. The molecule has 0 aromatic rings. The van der Waals surface area contributed by atoms with Crippen LogP contribution in [0.15, 0.2) is 11.3 Å². The number of hydrogen-bond donors (Lipinski definition) is 0. The highest BCUT2D eigenvalue weighted by Crippen LogP contribution is 2.17. The van der Waals surface area contributed by atoms with E-state index in [-0.39, 0.29) is 17.8 Å². The van der Waals surface area contributed by atoms with E-state index in [0.717, 1.165) is 4.90 Å². The Bertz CT molecular complexity index is 387. The average Bonchev–Trinajstić information content (AvgIpc) is 2.40. The van der Waals surface area contributed by atoms with Crippen molar-refractivity contribution in [2.75, 3.05) is 6.54 Å². The molecule has 56 valence electrons. The minimum absolute atomic E-state index is 0.148. The molecule has 0 atom stereocenters. The van der Waals surface area contributed by atoms with Crippen LogP contribution in [0.2, 0.25) is 0 Å². The molecule has 0 aromatic heterocycles. The molecule has 0 amide bonds. The third kappa shape index (κ3) is 0.885. The van der Waals surface area contributed by atoms with E-state index in [2.05, 4.69) is 0 Å². The first kappa shape index (κ1) is 7.78. The molecule has 0 spiro atoms. The monoisotopic (exact) mass is 158 g/mol. The zero-order valence-electron chi connectivity index (χ0n) is 5.90. The Morgan fingerprint density at radius 2 is 1.92 bits per heavy atom. The summed E-state index contributed by atoms with van der Waals surface area (Å²) in [6.07, 6.45) is 1.64. The van der Waals surface area contributed by atoms with Crippen molar-refractivity contribution in [2.24, 2.45) is 0 Å². The number of allylic oxidation sites excluding steroid dienone is 1. The molecule has 1 aliphatic heterocycles. The van der Waals surface area contributed by atoms with Crippen molar-refractivity contribution in [1.82, 2.24) is 4.90 Å². The predicted octanol–water partition coefficient (Wildman–Crippen LogP) is -0.347. The minimum atomic E-state index is -0.476. The molecule has 0 bridgehead atoms. The summed E-state index contributed by atoms with van der Waals surface area (Å²) in [6, 6.07) is 3.23. The second-order valence-corrected chi connectivity index (χ2v) is 2.06. The van der Waals surface area contributed by atoms with Crippen LogP contribution in [0, 0.1) is 34.1 Å². The summed E-state index contributed by atoms with van der Waals surface area (Å²) in [6.45, 7) is -0.192. The number of Topliss-reactive ketones (excluding diaryl/α,β-unsaturated/α-hetero) is 1. The van der Waals surface area contributed by atoms with Crippen LogP contribution in [0.5, 0.6) is 0 Å². The smallest absolute Gasteiger partial charge is 0.196 e. The van der Waals surface area contributed by atoms with Crippen LogP contribution in [0.4, 0.5) is 0 Å². The van der Waals surface area contributed by atoms with Gasteiger partial charge in [0.15, 0.2) is 17.7 Å². The van der Waals surface area contributed by atoms with Gasteiger partial charge in [-0.15, -0.1) is 0 Å². The van der Waals surface area contributed by atoms with E-state index in [0.29, 0.717) is 0 Å². The Kier molecular flexibility index (Phi) is 1.77. The molecule has 5 nitrogen and oxygen atoms in total. The zero-order chi connectivity index (χ0) is 9.14. The Morgan fingerprint density at radius 3 is 2.33 bits per heavy atom. The lowest BCUT2D eigenvalue weighted by Crippen LogP contribution is -2.14. The van der Waals surface area contributed by atoms with E-state index >= 15 is 0 Å². The van der Waals surface area contributed by atoms with Gasteiger partial charge in [-0.25, -0.2) is 0 Å². The Balaban J connectivity index is 3.23. The maximum atomic E-state index is 10.9. The van der Waals surface area contributed by atoms with Gasteiger partial charge in [-0.05, 0) is 0 Å². The van der Waals surface area contributed by atoms with Crippen LogP contribution in [0.25, 0.3) is 0 Å². The van der Waals surface area contributed by atoms with Gasteiger partial charge in [0.25, 0.3) is 0 Å². The molecule has 0 unspecified atom stereocenters. The summed E-state index contributed by atoms with van der Waals surface area (Å²) >= 11 is 0. The molecule has 1 heterocycles. The molecule has 0 aliphatic carbocycles. The SMILES string of the molecule is N#CC1=C(C#N)N(C#N)CC1=O. The van der Waals surface area contributed by atoms with Gasteiger partial charge in [0, 0.05) is 0 Å². The van der Waals surface area contributed by atoms with E-state index in [1.54, 1.807) is 18.3 Å². The van der Waals surface area contributed by atoms with Crippen LogP contribution in [-0.4, -0.2) is 17.2 Å². The molecule has 1 rings (SSSR count). The summed E-state index contributed by atoms with van der Waals surface area (Å²) in [7, 11) is 0. The van der Waals surface area contributed by atoms with Crippen molar-refractivity contribution < 1.29 is 4.79 Å². The van der Waals surface area contributed by atoms with Crippen LogP contribution in [0.1, 0.15) is 0 Å². The summed E-state index contributed by atoms with van der Waals surface area (Å²) < 4.78 is 0. The van der Waals surface area contributed by atoms with Crippen molar-refractivity contribution in [1.29, 1.82) is 15.8 Å². The van der Waals surface area contributed by atoms with E-state index in [1.165, 1.54) is 0 Å². The summed E-state index contributed by atoms with van der Waals surface area (Å²) in [5.41, 5.74) is -0.371. The molecule has 12 heavy (non-hydrogen) atoms. The highest BCUT2D eigenvalue weighted by atomic mass is 16.1.